The van der Waals surface area contributed by atoms with Gasteiger partial charge in [-0.3, -0.25) is 4.99 Å². The molecule has 0 fully saturated rings. The maximum atomic E-state index is 11.1. The fraction of sp³-hybridized carbons (Fsp3) is 0.606. The van der Waals surface area contributed by atoms with Crippen LogP contribution >= 0.6 is 0 Å². The highest BCUT2D eigenvalue weighted by Gasteiger charge is 2.26. The van der Waals surface area contributed by atoms with Gasteiger partial charge in [-0.25, -0.2) is 0 Å². The van der Waals surface area contributed by atoms with E-state index < -0.39 is 0 Å². The molecule has 0 atom stereocenters. The number of hydrogen-bond acceptors (Lipinski definition) is 4. The lowest BCUT2D eigenvalue weighted by Gasteiger charge is -2.28. The Kier molecular flexibility index (Phi) is 9.02. The smallest absolute Gasteiger partial charge is 0.128 e. The number of phenols is 2. The van der Waals surface area contributed by atoms with Crippen molar-refractivity contribution >= 4 is 6.21 Å². The molecule has 0 heterocycles. The summed E-state index contributed by atoms with van der Waals surface area (Å²) >= 11 is 0. The lowest BCUT2D eigenvalue weighted by Crippen LogP contribution is -2.23. The molecule has 0 spiro atoms. The van der Waals surface area contributed by atoms with Crippen molar-refractivity contribution in [2.75, 3.05) is 20.1 Å². The van der Waals surface area contributed by atoms with Gasteiger partial charge in [0.1, 0.15) is 11.5 Å². The van der Waals surface area contributed by atoms with Crippen molar-refractivity contribution in [2.45, 2.75) is 111 Å². The topological polar surface area (TPSA) is 56.1 Å². The zero-order valence-electron chi connectivity index (χ0n) is 25.8. The van der Waals surface area contributed by atoms with Crippen LogP contribution in [-0.2, 0) is 28.2 Å². The van der Waals surface area contributed by atoms with Crippen LogP contribution in [0, 0.1) is 0 Å². The lowest BCUT2D eigenvalue weighted by molar-refractivity contribution is 0.327. The van der Waals surface area contributed by atoms with E-state index >= 15 is 0 Å². The Balaban J connectivity index is 2.24. The molecule has 0 bridgehead atoms. The van der Waals surface area contributed by atoms with E-state index in [4.69, 9.17) is 0 Å². The van der Waals surface area contributed by atoms with Gasteiger partial charge in [0.05, 0.1) is 6.54 Å². The zero-order valence-corrected chi connectivity index (χ0v) is 25.8. The fourth-order valence-corrected chi connectivity index (χ4v) is 4.34. The highest BCUT2D eigenvalue weighted by Crippen LogP contribution is 2.39. The average molecular weight is 509 g/mol. The third-order valence-electron chi connectivity index (χ3n) is 6.96. The number of aromatic hydroxyl groups is 2. The number of nitrogens with zero attached hydrogens (tertiary/aromatic N) is 2. The largest absolute Gasteiger partial charge is 0.507 e. The van der Waals surface area contributed by atoms with E-state index in [-0.39, 0.29) is 21.7 Å². The molecule has 206 valence electrons. The van der Waals surface area contributed by atoms with E-state index in [1.54, 1.807) is 0 Å². The van der Waals surface area contributed by atoms with Gasteiger partial charge in [-0.05, 0) is 51.5 Å². The Bertz CT molecular complexity index is 1120. The minimum Gasteiger partial charge on any atom is -0.507 e. The molecule has 0 aliphatic carbocycles. The Morgan fingerprint density at radius 2 is 1.14 bits per heavy atom. The van der Waals surface area contributed by atoms with Gasteiger partial charge < -0.3 is 15.1 Å². The predicted molar refractivity (Wildman–Crippen MR) is 160 cm³/mol. The minimum atomic E-state index is -0.163. The van der Waals surface area contributed by atoms with Crippen molar-refractivity contribution < 1.29 is 10.2 Å². The Morgan fingerprint density at radius 1 is 0.676 bits per heavy atom. The van der Waals surface area contributed by atoms with Gasteiger partial charge in [-0.2, -0.15) is 0 Å². The lowest BCUT2D eigenvalue weighted by atomic mass is 9.79. The minimum absolute atomic E-state index is 0.000810. The summed E-state index contributed by atoms with van der Waals surface area (Å²) in [5.74, 6) is 0.714. The van der Waals surface area contributed by atoms with Crippen LogP contribution in [0.2, 0.25) is 0 Å². The molecule has 0 unspecified atom stereocenters. The van der Waals surface area contributed by atoms with Gasteiger partial charge in [0.2, 0.25) is 0 Å². The highest BCUT2D eigenvalue weighted by molar-refractivity contribution is 5.85. The van der Waals surface area contributed by atoms with Crippen LogP contribution in [0.5, 0.6) is 11.5 Å². The number of benzene rings is 2. The summed E-state index contributed by atoms with van der Waals surface area (Å²) in [6.45, 7) is 28.0. The van der Waals surface area contributed by atoms with Gasteiger partial charge in [0, 0.05) is 36.0 Å². The second-order valence-electron chi connectivity index (χ2n) is 14.8. The number of aliphatic imine (C=N–C) groups is 1. The van der Waals surface area contributed by atoms with Crippen LogP contribution in [0.15, 0.2) is 29.3 Å². The molecule has 37 heavy (non-hydrogen) atoms. The van der Waals surface area contributed by atoms with Crippen molar-refractivity contribution in [1.29, 1.82) is 0 Å². The number of likely N-dealkylation sites (N-methyl/N-ethyl adjacent to an activating group) is 1. The normalized spacial score (nSPS) is 13.7. The van der Waals surface area contributed by atoms with Crippen LogP contribution in [0.3, 0.4) is 0 Å². The van der Waals surface area contributed by atoms with Gasteiger partial charge in [-0.15, -0.1) is 0 Å². The fourth-order valence-electron chi connectivity index (χ4n) is 4.34. The van der Waals surface area contributed by atoms with E-state index in [0.29, 0.717) is 24.6 Å². The molecule has 0 saturated heterocycles. The van der Waals surface area contributed by atoms with Crippen LogP contribution < -0.4 is 0 Å². The molecule has 0 saturated carbocycles. The Labute approximate surface area is 226 Å². The molecule has 2 aromatic rings. The van der Waals surface area contributed by atoms with E-state index in [0.717, 1.165) is 28.8 Å². The molecule has 0 aromatic heterocycles. The first-order valence-corrected chi connectivity index (χ1v) is 13.6. The molecule has 4 heteroatoms. The van der Waals surface area contributed by atoms with E-state index in [2.05, 4.69) is 124 Å². The molecule has 0 radical (unpaired) electrons. The first-order valence-electron chi connectivity index (χ1n) is 13.6. The predicted octanol–water partition coefficient (Wildman–Crippen LogP) is 7.84. The monoisotopic (exact) mass is 508 g/mol. The molecular formula is C33H52N2O2. The summed E-state index contributed by atoms with van der Waals surface area (Å²) in [6, 6.07) is 8.49. The van der Waals surface area contributed by atoms with Crippen LogP contribution in [0.1, 0.15) is 116 Å². The summed E-state index contributed by atoms with van der Waals surface area (Å²) in [4.78, 5) is 6.87. The van der Waals surface area contributed by atoms with Crippen molar-refractivity contribution in [1.82, 2.24) is 4.90 Å². The van der Waals surface area contributed by atoms with Gasteiger partial charge >= 0.3 is 0 Å². The molecule has 0 aliphatic heterocycles. The molecule has 2 aromatic carbocycles. The molecule has 4 nitrogen and oxygen atoms in total. The van der Waals surface area contributed by atoms with E-state index in [1.165, 1.54) is 11.1 Å². The highest BCUT2D eigenvalue weighted by atomic mass is 16.3. The SMILES string of the molecule is CN(CC/N=C/c1cc(C(C)(C)C)cc(C(C)(C)C)c1O)Cc1cc(C(C)(C)C)cc(C(C)(C)C)c1O. The van der Waals surface area contributed by atoms with Gasteiger partial charge in [0.25, 0.3) is 0 Å². The first kappa shape index (κ1) is 30.9. The average Bonchev–Trinajstić information content (AvgIpc) is 2.70. The van der Waals surface area contributed by atoms with Crippen LogP contribution in [-0.4, -0.2) is 41.5 Å². The Hall–Kier alpha value is -2.33. The van der Waals surface area contributed by atoms with Gasteiger partial charge in [0.15, 0.2) is 0 Å². The third-order valence-corrected chi connectivity index (χ3v) is 6.96. The van der Waals surface area contributed by atoms with E-state index in [9.17, 15) is 10.2 Å². The quantitative estimate of drug-likeness (QED) is 0.391. The molecular weight excluding hydrogens is 456 g/mol. The van der Waals surface area contributed by atoms with Crippen LogP contribution in [0.25, 0.3) is 0 Å². The summed E-state index contributed by atoms with van der Waals surface area (Å²) in [7, 11) is 2.06. The molecule has 0 amide bonds. The van der Waals surface area contributed by atoms with E-state index in [1.807, 2.05) is 6.21 Å². The second kappa shape index (κ2) is 10.8. The van der Waals surface area contributed by atoms with Crippen LogP contribution in [0.4, 0.5) is 0 Å². The summed E-state index contributed by atoms with van der Waals surface area (Å²) in [5.41, 5.74) is 5.76. The maximum absolute atomic E-state index is 11.1. The van der Waals surface area contributed by atoms with Crippen molar-refractivity contribution in [3.63, 3.8) is 0 Å². The second-order valence-corrected chi connectivity index (χ2v) is 14.8. The standard InChI is InChI=1S/C33H52N2O2/c1-30(2,3)24-16-22(28(36)26(18-24)32(7,8)9)20-34-14-15-35(13)21-23-17-25(31(4,5)6)19-27(29(23)37)33(10,11)12/h16-20,36-37H,14-15,21H2,1-13H3/b34-20+. The number of phenolic OH excluding ortho intramolecular Hbond substituents is 2. The Morgan fingerprint density at radius 3 is 1.59 bits per heavy atom. The number of hydrogen-bond donors (Lipinski definition) is 2. The maximum Gasteiger partial charge on any atom is 0.128 e. The molecule has 2 N–H and O–H groups in total. The van der Waals surface area contributed by atoms with Crippen molar-refractivity contribution in [2.24, 2.45) is 4.99 Å². The summed E-state index contributed by atoms with van der Waals surface area (Å²) in [5, 5.41) is 22.1. The summed E-state index contributed by atoms with van der Waals surface area (Å²) < 4.78 is 0. The molecule has 0 aliphatic rings. The van der Waals surface area contributed by atoms with Crippen molar-refractivity contribution in [3.8, 4) is 11.5 Å². The van der Waals surface area contributed by atoms with Crippen molar-refractivity contribution in [3.05, 3.63) is 57.6 Å². The third kappa shape index (κ3) is 8.07. The summed E-state index contributed by atoms with van der Waals surface area (Å²) in [6.07, 6.45) is 1.81. The van der Waals surface area contributed by atoms with Gasteiger partial charge in [-0.1, -0.05) is 101 Å². The molecule has 2 rings (SSSR count). The zero-order chi connectivity index (χ0) is 28.6. The number of rotatable bonds is 6. The first-order chi connectivity index (χ1) is 16.6.